The lowest BCUT2D eigenvalue weighted by Gasteiger charge is -2.10. The fraction of sp³-hybridized carbons (Fsp3) is 0.312. The molecule has 1 unspecified atom stereocenters. The molecule has 1 atom stereocenters. The molecule has 1 N–H and O–H groups in total. The molecule has 0 radical (unpaired) electrons. The minimum atomic E-state index is -0.617. The van der Waals surface area contributed by atoms with E-state index in [0.717, 1.165) is 12.0 Å². The molecule has 0 spiro atoms. The van der Waals surface area contributed by atoms with Crippen LogP contribution in [0.5, 0.6) is 0 Å². The molecule has 0 aliphatic rings. The predicted molar refractivity (Wildman–Crippen MR) is 90.7 cm³/mol. The lowest BCUT2D eigenvalue weighted by atomic mass is 10.2. The first-order chi connectivity index (χ1) is 11.0. The number of hydrogen-bond donors (Lipinski definition) is 1. The summed E-state index contributed by atoms with van der Waals surface area (Å²) in [5.41, 5.74) is 1.01. The van der Waals surface area contributed by atoms with E-state index in [-0.39, 0.29) is 24.2 Å². The summed E-state index contributed by atoms with van der Waals surface area (Å²) in [5.74, 6) is -0.938. The van der Waals surface area contributed by atoms with E-state index in [2.05, 4.69) is 10.3 Å². The number of rotatable bonds is 6. The van der Waals surface area contributed by atoms with Crippen LogP contribution in [0.4, 0.5) is 0 Å². The Bertz CT molecular complexity index is 702. The van der Waals surface area contributed by atoms with E-state index in [4.69, 9.17) is 16.3 Å². The molecular formula is C16H17ClN2O3S. The van der Waals surface area contributed by atoms with Gasteiger partial charge >= 0.3 is 5.97 Å². The van der Waals surface area contributed by atoms with E-state index in [1.165, 1.54) is 11.3 Å². The Morgan fingerprint density at radius 3 is 2.91 bits per heavy atom. The van der Waals surface area contributed by atoms with E-state index in [0.29, 0.717) is 10.0 Å². The zero-order valence-corrected chi connectivity index (χ0v) is 14.4. The number of aromatic nitrogens is 1. The molecule has 2 aromatic rings. The number of nitrogens with zero attached hydrogens (tertiary/aromatic N) is 1. The predicted octanol–water partition coefficient (Wildman–Crippen LogP) is 3.54. The average molecular weight is 353 g/mol. The summed E-state index contributed by atoms with van der Waals surface area (Å²) in [6.07, 6.45) is 0.814. The number of ether oxygens (including phenoxy) is 1. The molecule has 2 rings (SSSR count). The molecule has 7 heteroatoms. The second-order valence-corrected chi connectivity index (χ2v) is 6.30. The van der Waals surface area contributed by atoms with Gasteiger partial charge in [-0.1, -0.05) is 30.7 Å². The van der Waals surface area contributed by atoms with Crippen LogP contribution >= 0.6 is 22.9 Å². The first-order valence-corrected chi connectivity index (χ1v) is 8.43. The van der Waals surface area contributed by atoms with Crippen molar-refractivity contribution in [1.29, 1.82) is 0 Å². The zero-order valence-electron chi connectivity index (χ0n) is 12.8. The minimum absolute atomic E-state index is 0.0508. The van der Waals surface area contributed by atoms with Crippen molar-refractivity contribution in [2.24, 2.45) is 0 Å². The molecule has 0 fully saturated rings. The van der Waals surface area contributed by atoms with Gasteiger partial charge < -0.3 is 10.1 Å². The third kappa shape index (κ3) is 5.04. The van der Waals surface area contributed by atoms with Crippen LogP contribution in [-0.2, 0) is 9.53 Å². The number of carbonyl (C=O) groups excluding carboxylic acids is 2. The van der Waals surface area contributed by atoms with Gasteiger partial charge in [0.25, 0.3) is 5.91 Å². The summed E-state index contributed by atoms with van der Waals surface area (Å²) in [5, 5.41) is 5.60. The number of esters is 1. The van der Waals surface area contributed by atoms with Crippen molar-refractivity contribution in [1.82, 2.24) is 10.3 Å². The van der Waals surface area contributed by atoms with Crippen LogP contribution in [0.2, 0.25) is 5.02 Å². The topological polar surface area (TPSA) is 68.3 Å². The van der Waals surface area contributed by atoms with Crippen molar-refractivity contribution < 1.29 is 14.3 Å². The molecule has 1 heterocycles. The van der Waals surface area contributed by atoms with E-state index in [1.807, 2.05) is 26.0 Å². The number of benzene rings is 1. The summed E-state index contributed by atoms with van der Waals surface area (Å²) < 4.78 is 4.98. The number of thiazole rings is 1. The molecule has 0 bridgehead atoms. The molecule has 122 valence electrons. The Morgan fingerprint density at radius 2 is 2.22 bits per heavy atom. The Balaban J connectivity index is 1.95. The molecule has 0 aliphatic heterocycles. The SMILES string of the molecule is CCC(C)NC(=O)COC(=O)c1csc(-c2cccc(Cl)c2)n1. The zero-order chi connectivity index (χ0) is 16.8. The third-order valence-corrected chi connectivity index (χ3v) is 4.27. The number of hydrogen-bond acceptors (Lipinski definition) is 5. The third-order valence-electron chi connectivity index (χ3n) is 3.14. The summed E-state index contributed by atoms with van der Waals surface area (Å²) in [6, 6.07) is 7.27. The molecule has 23 heavy (non-hydrogen) atoms. The Kier molecular flexibility index (Phi) is 6.12. The minimum Gasteiger partial charge on any atom is -0.451 e. The fourth-order valence-corrected chi connectivity index (χ4v) is 2.72. The standard InChI is InChI=1S/C16H17ClN2O3S/c1-3-10(2)18-14(20)8-22-16(21)13-9-23-15(19-13)11-5-4-6-12(17)7-11/h4-7,9-10H,3,8H2,1-2H3,(H,18,20). The van der Waals surface area contributed by atoms with Gasteiger partial charge in [0, 0.05) is 22.0 Å². The lowest BCUT2D eigenvalue weighted by Crippen LogP contribution is -2.35. The van der Waals surface area contributed by atoms with Crippen molar-refractivity contribution in [3.05, 3.63) is 40.4 Å². The molecule has 1 aromatic heterocycles. The smallest absolute Gasteiger partial charge is 0.358 e. The molecular weight excluding hydrogens is 336 g/mol. The maximum atomic E-state index is 11.9. The van der Waals surface area contributed by atoms with Crippen LogP contribution < -0.4 is 5.32 Å². The second kappa shape index (κ2) is 8.08. The summed E-state index contributed by atoms with van der Waals surface area (Å²) >= 11 is 7.26. The van der Waals surface area contributed by atoms with Gasteiger partial charge in [-0.3, -0.25) is 4.79 Å². The summed E-state index contributed by atoms with van der Waals surface area (Å²) in [4.78, 5) is 27.8. The number of carbonyl (C=O) groups is 2. The quantitative estimate of drug-likeness (QED) is 0.807. The van der Waals surface area contributed by atoms with E-state index < -0.39 is 5.97 Å². The fourth-order valence-electron chi connectivity index (χ4n) is 1.75. The highest BCUT2D eigenvalue weighted by molar-refractivity contribution is 7.13. The Hall–Kier alpha value is -1.92. The van der Waals surface area contributed by atoms with Crippen LogP contribution in [-0.4, -0.2) is 29.5 Å². The van der Waals surface area contributed by atoms with Gasteiger partial charge in [-0.15, -0.1) is 11.3 Å². The van der Waals surface area contributed by atoms with Crippen molar-refractivity contribution in [3.63, 3.8) is 0 Å². The number of nitrogens with one attached hydrogen (secondary N) is 1. The number of halogens is 1. The Labute approximate surface area is 143 Å². The van der Waals surface area contributed by atoms with Crippen LogP contribution in [0.15, 0.2) is 29.6 Å². The van der Waals surface area contributed by atoms with Crippen LogP contribution in [0.3, 0.4) is 0 Å². The monoisotopic (exact) mass is 352 g/mol. The van der Waals surface area contributed by atoms with Crippen molar-refractivity contribution in [2.45, 2.75) is 26.3 Å². The van der Waals surface area contributed by atoms with Crippen LogP contribution in [0.25, 0.3) is 10.6 Å². The van der Waals surface area contributed by atoms with Gasteiger partial charge in [-0.25, -0.2) is 9.78 Å². The second-order valence-electron chi connectivity index (χ2n) is 5.00. The van der Waals surface area contributed by atoms with E-state index in [1.54, 1.807) is 17.5 Å². The van der Waals surface area contributed by atoms with Crippen LogP contribution in [0, 0.1) is 0 Å². The summed E-state index contributed by atoms with van der Waals surface area (Å²) in [7, 11) is 0. The normalized spacial score (nSPS) is 11.8. The molecule has 1 amide bonds. The molecule has 5 nitrogen and oxygen atoms in total. The van der Waals surface area contributed by atoms with Gasteiger partial charge in [-0.05, 0) is 25.5 Å². The van der Waals surface area contributed by atoms with Crippen LogP contribution in [0.1, 0.15) is 30.8 Å². The molecule has 0 saturated carbocycles. The lowest BCUT2D eigenvalue weighted by molar-refractivity contribution is -0.124. The van der Waals surface area contributed by atoms with Gasteiger partial charge in [-0.2, -0.15) is 0 Å². The molecule has 0 aliphatic carbocycles. The highest BCUT2D eigenvalue weighted by atomic mass is 35.5. The number of amides is 1. The van der Waals surface area contributed by atoms with E-state index >= 15 is 0 Å². The highest BCUT2D eigenvalue weighted by Gasteiger charge is 2.15. The molecule has 0 saturated heterocycles. The van der Waals surface area contributed by atoms with Gasteiger partial charge in [0.15, 0.2) is 12.3 Å². The largest absolute Gasteiger partial charge is 0.451 e. The van der Waals surface area contributed by atoms with E-state index in [9.17, 15) is 9.59 Å². The highest BCUT2D eigenvalue weighted by Crippen LogP contribution is 2.26. The van der Waals surface area contributed by atoms with Crippen molar-refractivity contribution in [2.75, 3.05) is 6.61 Å². The Morgan fingerprint density at radius 1 is 1.43 bits per heavy atom. The first-order valence-electron chi connectivity index (χ1n) is 7.17. The van der Waals surface area contributed by atoms with Gasteiger partial charge in [0.1, 0.15) is 5.01 Å². The molecule has 1 aromatic carbocycles. The van der Waals surface area contributed by atoms with Crippen molar-refractivity contribution >= 4 is 34.8 Å². The average Bonchev–Trinajstić information content (AvgIpc) is 3.02. The maximum absolute atomic E-state index is 11.9. The van der Waals surface area contributed by atoms with Crippen molar-refractivity contribution in [3.8, 4) is 10.6 Å². The van der Waals surface area contributed by atoms with Gasteiger partial charge in [0.05, 0.1) is 0 Å². The first kappa shape index (κ1) is 17.4. The van der Waals surface area contributed by atoms with Gasteiger partial charge in [0.2, 0.25) is 0 Å². The summed E-state index contributed by atoms with van der Waals surface area (Å²) in [6.45, 7) is 3.54. The maximum Gasteiger partial charge on any atom is 0.358 e.